The van der Waals surface area contributed by atoms with Crippen molar-refractivity contribution < 1.29 is 14.7 Å². The molecule has 0 unspecified atom stereocenters. The minimum Gasteiger partial charge on any atom is -0.480 e. The third-order valence-electron chi connectivity index (χ3n) is 2.58. The molecule has 2 N–H and O–H groups in total. The van der Waals surface area contributed by atoms with Crippen molar-refractivity contribution in [3.8, 4) is 0 Å². The molecule has 0 spiro atoms. The third kappa shape index (κ3) is 3.34. The van der Waals surface area contributed by atoms with Crippen molar-refractivity contribution in [2.45, 2.75) is 39.3 Å². The van der Waals surface area contributed by atoms with Crippen LogP contribution in [0.25, 0.3) is 0 Å². The van der Waals surface area contributed by atoms with Crippen LogP contribution in [0, 0.1) is 0 Å². The van der Waals surface area contributed by atoms with Gasteiger partial charge < -0.3 is 15.0 Å². The number of carboxylic acids is 1. The van der Waals surface area contributed by atoms with Crippen molar-refractivity contribution in [2.75, 3.05) is 0 Å². The topological polar surface area (TPSA) is 71.3 Å². The molecule has 5 nitrogen and oxygen atoms in total. The van der Waals surface area contributed by atoms with Gasteiger partial charge in [0, 0.05) is 12.7 Å². The molecule has 94 valence electrons. The Bertz CT molecular complexity index is 398. The summed E-state index contributed by atoms with van der Waals surface area (Å²) in [6.45, 7) is 4.50. The third-order valence-corrected chi connectivity index (χ3v) is 2.58. The standard InChI is InChI=1S/C12H18N2O3/c1-3-6-9(12(16)17)13-11(15)10-7-5-8-14(10)4-2/h5,7-9H,3-4,6H2,1-2H3,(H,13,15)(H,16,17)/t9-/m0/s1. The van der Waals surface area contributed by atoms with Crippen LogP contribution in [0.1, 0.15) is 37.2 Å². The van der Waals surface area contributed by atoms with E-state index in [1.807, 2.05) is 13.8 Å². The molecule has 0 saturated heterocycles. The molecule has 1 rings (SSSR count). The highest BCUT2D eigenvalue weighted by molar-refractivity contribution is 5.95. The Morgan fingerprint density at radius 1 is 1.47 bits per heavy atom. The second-order valence-corrected chi connectivity index (χ2v) is 3.83. The van der Waals surface area contributed by atoms with Crippen LogP contribution in [0.5, 0.6) is 0 Å². The Balaban J connectivity index is 2.73. The fourth-order valence-electron chi connectivity index (χ4n) is 1.67. The fourth-order valence-corrected chi connectivity index (χ4v) is 1.67. The maximum Gasteiger partial charge on any atom is 0.326 e. The van der Waals surface area contributed by atoms with Gasteiger partial charge in [-0.2, -0.15) is 0 Å². The number of aliphatic carboxylic acids is 1. The van der Waals surface area contributed by atoms with Gasteiger partial charge in [0.2, 0.25) is 0 Å². The predicted molar refractivity (Wildman–Crippen MR) is 63.9 cm³/mol. The molecule has 0 bridgehead atoms. The lowest BCUT2D eigenvalue weighted by Crippen LogP contribution is -2.41. The van der Waals surface area contributed by atoms with E-state index < -0.39 is 12.0 Å². The number of aryl methyl sites for hydroxylation is 1. The Labute approximate surface area is 100 Å². The number of hydrogen-bond acceptors (Lipinski definition) is 2. The Morgan fingerprint density at radius 3 is 2.71 bits per heavy atom. The van der Waals surface area contributed by atoms with Crippen molar-refractivity contribution in [1.29, 1.82) is 0 Å². The van der Waals surface area contributed by atoms with Crippen LogP contribution in [-0.2, 0) is 11.3 Å². The maximum absolute atomic E-state index is 11.9. The summed E-state index contributed by atoms with van der Waals surface area (Å²) in [4.78, 5) is 22.8. The van der Waals surface area contributed by atoms with Crippen molar-refractivity contribution in [3.05, 3.63) is 24.0 Å². The van der Waals surface area contributed by atoms with Gasteiger partial charge in [0.15, 0.2) is 0 Å². The highest BCUT2D eigenvalue weighted by Crippen LogP contribution is 2.04. The highest BCUT2D eigenvalue weighted by atomic mass is 16.4. The number of carboxylic acid groups (broad SMARTS) is 1. The molecule has 5 heteroatoms. The van der Waals surface area contributed by atoms with E-state index in [4.69, 9.17) is 5.11 Å². The van der Waals surface area contributed by atoms with E-state index in [-0.39, 0.29) is 5.91 Å². The molecule has 0 aliphatic heterocycles. The van der Waals surface area contributed by atoms with E-state index in [9.17, 15) is 9.59 Å². The summed E-state index contributed by atoms with van der Waals surface area (Å²) >= 11 is 0. The number of nitrogens with zero attached hydrogens (tertiary/aromatic N) is 1. The normalized spacial score (nSPS) is 12.1. The summed E-state index contributed by atoms with van der Waals surface area (Å²) in [7, 11) is 0. The first-order valence-corrected chi connectivity index (χ1v) is 5.79. The Kier molecular flexibility index (Phi) is 4.75. The molecule has 0 saturated carbocycles. The van der Waals surface area contributed by atoms with Crippen molar-refractivity contribution >= 4 is 11.9 Å². The van der Waals surface area contributed by atoms with Gasteiger partial charge in [0.05, 0.1) is 0 Å². The minimum atomic E-state index is -0.991. The van der Waals surface area contributed by atoms with E-state index in [1.165, 1.54) is 0 Å². The monoisotopic (exact) mass is 238 g/mol. The maximum atomic E-state index is 11.9. The minimum absolute atomic E-state index is 0.335. The van der Waals surface area contributed by atoms with Gasteiger partial charge in [-0.25, -0.2) is 4.79 Å². The van der Waals surface area contributed by atoms with Crippen LogP contribution in [0.4, 0.5) is 0 Å². The highest BCUT2D eigenvalue weighted by Gasteiger charge is 2.20. The largest absolute Gasteiger partial charge is 0.480 e. The molecule has 1 heterocycles. The second-order valence-electron chi connectivity index (χ2n) is 3.83. The zero-order chi connectivity index (χ0) is 12.8. The van der Waals surface area contributed by atoms with Crippen LogP contribution in [-0.4, -0.2) is 27.6 Å². The van der Waals surface area contributed by atoms with Gasteiger partial charge in [-0.15, -0.1) is 0 Å². The predicted octanol–water partition coefficient (Wildman–Crippen LogP) is 1.49. The Morgan fingerprint density at radius 2 is 2.18 bits per heavy atom. The van der Waals surface area contributed by atoms with E-state index in [2.05, 4.69) is 5.32 Å². The Hall–Kier alpha value is -1.78. The van der Waals surface area contributed by atoms with E-state index in [0.29, 0.717) is 25.1 Å². The van der Waals surface area contributed by atoms with E-state index >= 15 is 0 Å². The molecule has 0 aromatic carbocycles. The summed E-state index contributed by atoms with van der Waals surface area (Å²) in [6, 6.07) is 2.64. The van der Waals surface area contributed by atoms with Crippen LogP contribution >= 0.6 is 0 Å². The molecule has 0 aliphatic carbocycles. The number of hydrogen-bond donors (Lipinski definition) is 2. The van der Waals surface area contributed by atoms with Crippen molar-refractivity contribution in [1.82, 2.24) is 9.88 Å². The number of nitrogens with one attached hydrogen (secondary N) is 1. The van der Waals surface area contributed by atoms with Gasteiger partial charge in [0.25, 0.3) is 5.91 Å². The zero-order valence-electron chi connectivity index (χ0n) is 10.1. The van der Waals surface area contributed by atoms with Crippen molar-refractivity contribution in [2.24, 2.45) is 0 Å². The lowest BCUT2D eigenvalue weighted by atomic mass is 10.1. The quantitative estimate of drug-likeness (QED) is 0.788. The second kappa shape index (κ2) is 6.08. The first-order valence-electron chi connectivity index (χ1n) is 5.79. The number of carbonyl (C=O) groups is 2. The summed E-state index contributed by atoms with van der Waals surface area (Å²) in [5, 5.41) is 11.5. The number of rotatable bonds is 6. The van der Waals surface area contributed by atoms with Crippen LogP contribution in [0.3, 0.4) is 0 Å². The molecular formula is C12H18N2O3. The van der Waals surface area contributed by atoms with E-state index in [0.717, 1.165) is 0 Å². The van der Waals surface area contributed by atoms with Crippen LogP contribution < -0.4 is 5.32 Å². The summed E-state index contributed by atoms with van der Waals surface area (Å²) in [5.74, 6) is -1.33. The molecule has 0 radical (unpaired) electrons. The zero-order valence-corrected chi connectivity index (χ0v) is 10.1. The van der Waals surface area contributed by atoms with Crippen LogP contribution in [0.2, 0.25) is 0 Å². The summed E-state index contributed by atoms with van der Waals surface area (Å²) in [6.07, 6.45) is 2.95. The summed E-state index contributed by atoms with van der Waals surface area (Å²) < 4.78 is 1.78. The first-order chi connectivity index (χ1) is 8.10. The average Bonchev–Trinajstić information content (AvgIpc) is 2.76. The molecular weight excluding hydrogens is 220 g/mol. The summed E-state index contributed by atoms with van der Waals surface area (Å²) in [5.41, 5.74) is 0.495. The number of aromatic nitrogens is 1. The van der Waals surface area contributed by atoms with Gasteiger partial charge in [-0.1, -0.05) is 13.3 Å². The molecule has 0 aliphatic rings. The molecule has 1 aromatic rings. The lowest BCUT2D eigenvalue weighted by molar-refractivity contribution is -0.139. The van der Waals surface area contributed by atoms with Gasteiger partial charge >= 0.3 is 5.97 Å². The SMILES string of the molecule is CCC[C@H](NC(=O)c1cccn1CC)C(=O)O. The number of amides is 1. The molecule has 0 fully saturated rings. The van der Waals surface area contributed by atoms with Crippen molar-refractivity contribution in [3.63, 3.8) is 0 Å². The van der Waals surface area contributed by atoms with Gasteiger partial charge in [-0.3, -0.25) is 4.79 Å². The van der Waals surface area contributed by atoms with Gasteiger partial charge in [0.1, 0.15) is 11.7 Å². The molecule has 1 aromatic heterocycles. The lowest BCUT2D eigenvalue weighted by Gasteiger charge is -2.14. The van der Waals surface area contributed by atoms with Gasteiger partial charge in [-0.05, 0) is 25.5 Å². The molecule has 1 amide bonds. The molecule has 17 heavy (non-hydrogen) atoms. The fraction of sp³-hybridized carbons (Fsp3) is 0.500. The molecule has 1 atom stereocenters. The average molecular weight is 238 g/mol. The first kappa shape index (κ1) is 13.3. The van der Waals surface area contributed by atoms with Crippen LogP contribution in [0.15, 0.2) is 18.3 Å². The van der Waals surface area contributed by atoms with E-state index in [1.54, 1.807) is 22.9 Å². The smallest absolute Gasteiger partial charge is 0.326 e. The number of carbonyl (C=O) groups excluding carboxylic acids is 1.